The lowest BCUT2D eigenvalue weighted by atomic mass is 10.1. The largest absolute Gasteiger partial charge is 0.507 e. The summed E-state index contributed by atoms with van der Waals surface area (Å²) in [7, 11) is 0. The molecule has 0 amide bonds. The van der Waals surface area contributed by atoms with Gasteiger partial charge in [0.1, 0.15) is 5.75 Å². The fourth-order valence-electron chi connectivity index (χ4n) is 1.45. The Morgan fingerprint density at radius 1 is 1.28 bits per heavy atom. The van der Waals surface area contributed by atoms with Crippen molar-refractivity contribution in [2.24, 2.45) is 0 Å². The first kappa shape index (κ1) is 12.3. The molecule has 90 valence electrons. The Bertz CT molecular complexity index is 574. The van der Waals surface area contributed by atoms with Gasteiger partial charge in [0.25, 0.3) is 0 Å². The molecule has 0 bridgehead atoms. The number of rotatable bonds is 3. The maximum absolute atomic E-state index is 11.8. The molecule has 3 nitrogen and oxygen atoms in total. The Morgan fingerprint density at radius 3 is 2.78 bits per heavy atom. The summed E-state index contributed by atoms with van der Waals surface area (Å²) in [5.41, 5.74) is 0.914. The third kappa shape index (κ3) is 2.76. The maximum Gasteiger partial charge on any atom is 0.187 e. The van der Waals surface area contributed by atoms with Crippen LogP contribution < -0.4 is 0 Å². The summed E-state index contributed by atoms with van der Waals surface area (Å²) in [6.45, 7) is 0. The van der Waals surface area contributed by atoms with E-state index in [2.05, 4.69) is 4.98 Å². The van der Waals surface area contributed by atoms with Crippen LogP contribution in [0.3, 0.4) is 0 Å². The number of carbonyl (C=O) groups excluding carboxylic acids is 1. The second kappa shape index (κ2) is 5.47. The van der Waals surface area contributed by atoms with Gasteiger partial charge in [-0.2, -0.15) is 0 Å². The Kier molecular flexibility index (Phi) is 3.75. The number of pyridine rings is 1. The van der Waals surface area contributed by atoms with E-state index in [1.165, 1.54) is 24.4 Å². The van der Waals surface area contributed by atoms with Crippen LogP contribution >= 0.6 is 11.6 Å². The van der Waals surface area contributed by atoms with Crippen molar-refractivity contribution in [2.45, 2.75) is 0 Å². The first-order valence-corrected chi connectivity index (χ1v) is 5.66. The summed E-state index contributed by atoms with van der Waals surface area (Å²) < 4.78 is 0. The van der Waals surface area contributed by atoms with Crippen molar-refractivity contribution >= 4 is 23.5 Å². The van der Waals surface area contributed by atoms with E-state index in [1.807, 2.05) is 0 Å². The highest BCUT2D eigenvalue weighted by molar-refractivity contribution is 6.32. The zero-order valence-electron chi connectivity index (χ0n) is 9.38. The van der Waals surface area contributed by atoms with Crippen molar-refractivity contribution in [3.05, 3.63) is 65.0 Å². The summed E-state index contributed by atoms with van der Waals surface area (Å²) >= 11 is 5.92. The molecule has 0 fully saturated rings. The summed E-state index contributed by atoms with van der Waals surface area (Å²) in [5, 5.41) is 10.0. The number of phenols is 1. The Labute approximate surface area is 109 Å². The number of hydrogen-bond donors (Lipinski definition) is 1. The molecule has 2 rings (SSSR count). The van der Waals surface area contributed by atoms with Crippen LogP contribution in [0, 0.1) is 0 Å². The van der Waals surface area contributed by atoms with E-state index in [0.717, 1.165) is 0 Å². The minimum atomic E-state index is -0.192. The number of benzene rings is 1. The summed E-state index contributed by atoms with van der Waals surface area (Å²) in [5.74, 6) is -0.153. The zero-order chi connectivity index (χ0) is 13.0. The standard InChI is InChI=1S/C14H10ClNO2/c15-12-4-1-5-14(18)11(12)6-7-13(17)10-3-2-8-16-9-10/h1-9,18H/b7-6+. The van der Waals surface area contributed by atoms with Gasteiger partial charge >= 0.3 is 0 Å². The second-order valence-electron chi connectivity index (χ2n) is 3.61. The monoisotopic (exact) mass is 259 g/mol. The van der Waals surface area contributed by atoms with Gasteiger partial charge in [-0.05, 0) is 36.4 Å². The molecule has 0 aliphatic rings. The van der Waals surface area contributed by atoms with Gasteiger partial charge in [0, 0.05) is 23.5 Å². The number of carbonyl (C=O) groups is 1. The van der Waals surface area contributed by atoms with Crippen LogP contribution in [0.2, 0.25) is 5.02 Å². The highest BCUT2D eigenvalue weighted by atomic mass is 35.5. The molecular formula is C14H10ClNO2. The Morgan fingerprint density at radius 2 is 2.11 bits per heavy atom. The smallest absolute Gasteiger partial charge is 0.187 e. The first-order valence-electron chi connectivity index (χ1n) is 5.28. The van der Waals surface area contributed by atoms with Gasteiger partial charge in [-0.15, -0.1) is 0 Å². The van der Waals surface area contributed by atoms with E-state index in [0.29, 0.717) is 16.1 Å². The molecule has 0 aliphatic carbocycles. The Balaban J connectivity index is 2.24. The fraction of sp³-hybridized carbons (Fsp3) is 0. The number of phenolic OH excluding ortho intramolecular Hbond substituents is 1. The van der Waals surface area contributed by atoms with Gasteiger partial charge in [-0.25, -0.2) is 0 Å². The number of hydrogen-bond acceptors (Lipinski definition) is 3. The normalized spacial score (nSPS) is 10.7. The van der Waals surface area contributed by atoms with Crippen LogP contribution in [-0.4, -0.2) is 15.9 Å². The highest BCUT2D eigenvalue weighted by Crippen LogP contribution is 2.26. The molecule has 0 saturated carbocycles. The van der Waals surface area contributed by atoms with Crippen molar-refractivity contribution in [3.63, 3.8) is 0 Å². The van der Waals surface area contributed by atoms with E-state index in [1.54, 1.807) is 30.5 Å². The average Bonchev–Trinajstić information content (AvgIpc) is 2.39. The third-order valence-electron chi connectivity index (χ3n) is 2.38. The van der Waals surface area contributed by atoms with Crippen LogP contribution in [-0.2, 0) is 0 Å². The minimum absolute atomic E-state index is 0.0396. The second-order valence-corrected chi connectivity index (χ2v) is 4.02. The first-order chi connectivity index (χ1) is 8.68. The van der Waals surface area contributed by atoms with Gasteiger partial charge in [0.05, 0.1) is 5.02 Å². The number of allylic oxidation sites excluding steroid dienone is 1. The van der Waals surface area contributed by atoms with Gasteiger partial charge in [0.15, 0.2) is 5.78 Å². The SMILES string of the molecule is O=C(/C=C/c1c(O)cccc1Cl)c1cccnc1. The molecule has 1 N–H and O–H groups in total. The van der Waals surface area contributed by atoms with E-state index >= 15 is 0 Å². The van der Waals surface area contributed by atoms with Gasteiger partial charge in [-0.3, -0.25) is 9.78 Å². The van der Waals surface area contributed by atoms with Crippen molar-refractivity contribution < 1.29 is 9.90 Å². The van der Waals surface area contributed by atoms with Crippen LogP contribution in [0.5, 0.6) is 5.75 Å². The summed E-state index contributed by atoms with van der Waals surface area (Å²) in [4.78, 5) is 15.7. The van der Waals surface area contributed by atoms with Crippen LogP contribution in [0.15, 0.2) is 48.8 Å². The lowest BCUT2D eigenvalue weighted by molar-refractivity contribution is 0.104. The molecule has 1 aromatic heterocycles. The summed E-state index contributed by atoms with van der Waals surface area (Å²) in [6.07, 6.45) is 5.93. The lowest BCUT2D eigenvalue weighted by Crippen LogP contribution is -1.94. The van der Waals surface area contributed by atoms with Crippen molar-refractivity contribution in [1.82, 2.24) is 4.98 Å². The minimum Gasteiger partial charge on any atom is -0.507 e. The molecule has 1 aromatic carbocycles. The van der Waals surface area contributed by atoms with E-state index in [4.69, 9.17) is 11.6 Å². The molecule has 0 aliphatic heterocycles. The molecule has 0 saturated heterocycles. The molecule has 0 atom stereocenters. The molecule has 0 unspecified atom stereocenters. The topological polar surface area (TPSA) is 50.2 Å². The quantitative estimate of drug-likeness (QED) is 0.679. The average molecular weight is 260 g/mol. The van der Waals surface area contributed by atoms with Gasteiger partial charge in [-0.1, -0.05) is 17.7 Å². The molecule has 0 radical (unpaired) electrons. The molecular weight excluding hydrogens is 250 g/mol. The van der Waals surface area contributed by atoms with Crippen molar-refractivity contribution in [2.75, 3.05) is 0 Å². The maximum atomic E-state index is 11.8. The van der Waals surface area contributed by atoms with E-state index < -0.39 is 0 Å². The van der Waals surface area contributed by atoms with Gasteiger partial charge < -0.3 is 5.11 Å². The van der Waals surface area contributed by atoms with Crippen molar-refractivity contribution in [1.29, 1.82) is 0 Å². The summed E-state index contributed by atoms with van der Waals surface area (Å²) in [6, 6.07) is 8.16. The lowest BCUT2D eigenvalue weighted by Gasteiger charge is -2.00. The fourth-order valence-corrected chi connectivity index (χ4v) is 1.69. The van der Waals surface area contributed by atoms with Crippen LogP contribution in [0.4, 0.5) is 0 Å². The number of aromatic hydroxyl groups is 1. The molecule has 18 heavy (non-hydrogen) atoms. The Hall–Kier alpha value is -2.13. The molecule has 2 aromatic rings. The molecule has 4 heteroatoms. The predicted octanol–water partition coefficient (Wildman–Crippen LogP) is 3.34. The molecule has 1 heterocycles. The highest BCUT2D eigenvalue weighted by Gasteiger charge is 2.04. The third-order valence-corrected chi connectivity index (χ3v) is 2.71. The number of halogens is 1. The number of aromatic nitrogens is 1. The zero-order valence-corrected chi connectivity index (χ0v) is 10.1. The van der Waals surface area contributed by atoms with Crippen molar-refractivity contribution in [3.8, 4) is 5.75 Å². The number of ketones is 1. The predicted molar refractivity (Wildman–Crippen MR) is 70.7 cm³/mol. The van der Waals surface area contributed by atoms with Crippen LogP contribution in [0.25, 0.3) is 6.08 Å². The molecule has 0 spiro atoms. The van der Waals surface area contributed by atoms with E-state index in [9.17, 15) is 9.90 Å². The van der Waals surface area contributed by atoms with E-state index in [-0.39, 0.29) is 11.5 Å². The van der Waals surface area contributed by atoms with Crippen LogP contribution in [0.1, 0.15) is 15.9 Å². The number of nitrogens with zero attached hydrogens (tertiary/aromatic N) is 1. The van der Waals surface area contributed by atoms with Gasteiger partial charge in [0.2, 0.25) is 0 Å².